The quantitative estimate of drug-likeness (QED) is 0.271. The maximum absolute atomic E-state index is 14.3. The molecule has 1 aliphatic heterocycles. The van der Waals surface area contributed by atoms with Crippen molar-refractivity contribution in [3.63, 3.8) is 0 Å². The molecule has 0 bridgehead atoms. The van der Waals surface area contributed by atoms with Crippen LogP contribution in [0.5, 0.6) is 0 Å². The number of furan rings is 1. The fraction of sp³-hybridized carbons (Fsp3) is 0.382. The van der Waals surface area contributed by atoms with E-state index >= 15 is 0 Å². The van der Waals surface area contributed by atoms with E-state index in [-0.39, 0.29) is 30.8 Å². The van der Waals surface area contributed by atoms with Crippen molar-refractivity contribution >= 4 is 11.8 Å². The normalized spacial score (nSPS) is 22.3. The lowest BCUT2D eigenvalue weighted by molar-refractivity contribution is -0.130. The minimum Gasteiger partial charge on any atom is -0.467 e. The van der Waals surface area contributed by atoms with Gasteiger partial charge in [-0.15, -0.1) is 0 Å². The number of nitrogens with one attached hydrogen (secondary N) is 2. The van der Waals surface area contributed by atoms with Crippen molar-refractivity contribution in [2.24, 2.45) is 0 Å². The third-order valence-electron chi connectivity index (χ3n) is 8.77. The molecule has 6 rings (SSSR count). The summed E-state index contributed by atoms with van der Waals surface area (Å²) in [4.78, 5) is 34.0. The highest BCUT2D eigenvalue weighted by Crippen LogP contribution is 2.42. The molecule has 2 aliphatic rings. The van der Waals surface area contributed by atoms with Crippen LogP contribution in [0.15, 0.2) is 89.8 Å². The molecule has 2 fully saturated rings. The van der Waals surface area contributed by atoms with Gasteiger partial charge in [-0.3, -0.25) is 9.59 Å². The predicted molar refractivity (Wildman–Crippen MR) is 163 cm³/mol. The second-order valence-electron chi connectivity index (χ2n) is 11.7. The molecule has 1 saturated carbocycles. The Morgan fingerprint density at radius 2 is 1.84 bits per heavy atom. The standard InChI is InChI=1S/C34H39N5O4/c40-30(36-23-28-14-9-19-43-28)21-34(42)16-8-7-15-29(34)39-24-37-31(32(39)26-12-5-2-6-13-26)33(41)38-18-17-35-22-27(38)20-25-10-3-1-4-11-25/h1-6,9-14,19,24,27,29,35,42H,7-8,15-18,20-23H2,(H,36,40)/t27-,29+,34?/m1/s1. The first-order valence-corrected chi connectivity index (χ1v) is 15.2. The number of nitrogens with zero attached hydrogens (tertiary/aromatic N) is 3. The number of hydrogen-bond acceptors (Lipinski definition) is 6. The van der Waals surface area contributed by atoms with Crippen molar-refractivity contribution < 1.29 is 19.1 Å². The number of benzene rings is 2. The minimum absolute atomic E-state index is 0.0121. The van der Waals surface area contributed by atoms with Crippen LogP contribution in [0.25, 0.3) is 11.3 Å². The van der Waals surface area contributed by atoms with E-state index in [0.29, 0.717) is 49.6 Å². The Morgan fingerprint density at radius 3 is 2.60 bits per heavy atom. The fourth-order valence-electron chi connectivity index (χ4n) is 6.62. The van der Waals surface area contributed by atoms with E-state index in [2.05, 4.69) is 22.8 Å². The SMILES string of the molecule is O=C(CC1(O)CCCC[C@@H]1n1cnc(C(=O)N2CCNC[C@H]2Cc2ccccc2)c1-c1ccccc1)NCc1ccco1. The number of aromatic nitrogens is 2. The molecule has 9 nitrogen and oxygen atoms in total. The van der Waals surface area contributed by atoms with Gasteiger partial charge < -0.3 is 29.6 Å². The van der Waals surface area contributed by atoms with Gasteiger partial charge in [0, 0.05) is 31.2 Å². The summed E-state index contributed by atoms with van der Waals surface area (Å²) >= 11 is 0. The van der Waals surface area contributed by atoms with Gasteiger partial charge in [-0.2, -0.15) is 0 Å². The van der Waals surface area contributed by atoms with Crippen molar-refractivity contribution in [1.82, 2.24) is 25.1 Å². The Balaban J connectivity index is 1.31. The molecule has 4 aromatic rings. The van der Waals surface area contributed by atoms with Crippen molar-refractivity contribution in [2.45, 2.75) is 62.8 Å². The number of hydrogen-bond donors (Lipinski definition) is 3. The zero-order valence-electron chi connectivity index (χ0n) is 24.3. The van der Waals surface area contributed by atoms with Crippen LogP contribution >= 0.6 is 0 Å². The number of carbonyl (C=O) groups is 2. The van der Waals surface area contributed by atoms with Gasteiger partial charge in [-0.05, 0) is 37.0 Å². The van der Waals surface area contributed by atoms with Crippen molar-refractivity contribution in [2.75, 3.05) is 19.6 Å². The van der Waals surface area contributed by atoms with Crippen molar-refractivity contribution in [3.05, 3.63) is 102 Å². The number of rotatable bonds is 9. The Labute approximate surface area is 251 Å². The molecule has 3 heterocycles. The molecule has 3 N–H and O–H groups in total. The Bertz CT molecular complexity index is 1500. The zero-order chi connectivity index (χ0) is 29.6. The monoisotopic (exact) mass is 581 g/mol. The minimum atomic E-state index is -1.29. The van der Waals surface area contributed by atoms with Crippen molar-refractivity contribution in [3.8, 4) is 11.3 Å². The van der Waals surface area contributed by atoms with Crippen LogP contribution in [-0.2, 0) is 17.8 Å². The lowest BCUT2D eigenvalue weighted by atomic mass is 9.77. The van der Waals surface area contributed by atoms with Crippen LogP contribution in [-0.4, -0.2) is 62.6 Å². The first kappa shape index (κ1) is 28.9. The molecule has 0 spiro atoms. The van der Waals surface area contributed by atoms with E-state index < -0.39 is 11.6 Å². The van der Waals surface area contributed by atoms with Gasteiger partial charge >= 0.3 is 0 Å². The largest absolute Gasteiger partial charge is 0.467 e. The van der Waals surface area contributed by atoms with Crippen LogP contribution in [0.1, 0.15) is 60.0 Å². The molecular formula is C34H39N5O4. The summed E-state index contributed by atoms with van der Waals surface area (Å²) in [7, 11) is 0. The maximum Gasteiger partial charge on any atom is 0.275 e. The lowest BCUT2D eigenvalue weighted by Gasteiger charge is -2.41. The van der Waals surface area contributed by atoms with Crippen molar-refractivity contribution in [1.29, 1.82) is 0 Å². The van der Waals surface area contributed by atoms with Gasteiger partial charge in [0.05, 0.1) is 42.9 Å². The third-order valence-corrected chi connectivity index (χ3v) is 8.77. The first-order valence-electron chi connectivity index (χ1n) is 15.2. The molecule has 1 saturated heterocycles. The van der Waals surface area contributed by atoms with Gasteiger partial charge in [0.2, 0.25) is 5.91 Å². The summed E-state index contributed by atoms with van der Waals surface area (Å²) < 4.78 is 7.29. The lowest BCUT2D eigenvalue weighted by Crippen LogP contribution is -2.54. The highest BCUT2D eigenvalue weighted by Gasteiger charge is 2.43. The molecule has 224 valence electrons. The highest BCUT2D eigenvalue weighted by atomic mass is 16.3. The third kappa shape index (κ3) is 6.43. The summed E-state index contributed by atoms with van der Waals surface area (Å²) in [5, 5.41) is 18.4. The van der Waals surface area contributed by atoms with Gasteiger partial charge in [0.15, 0.2) is 5.69 Å². The van der Waals surface area contributed by atoms with Gasteiger partial charge in [0.25, 0.3) is 5.91 Å². The number of imidazole rings is 1. The average Bonchev–Trinajstić information content (AvgIpc) is 3.72. The summed E-state index contributed by atoms with van der Waals surface area (Å²) in [5.41, 5.74) is 1.81. The van der Waals surface area contributed by atoms with E-state index in [1.54, 1.807) is 24.7 Å². The molecule has 2 aromatic heterocycles. The summed E-state index contributed by atoms with van der Waals surface area (Å²) in [6, 6.07) is 23.2. The second-order valence-corrected chi connectivity index (χ2v) is 11.7. The van der Waals surface area contributed by atoms with E-state index in [9.17, 15) is 14.7 Å². The smallest absolute Gasteiger partial charge is 0.275 e. The molecule has 1 unspecified atom stereocenters. The Morgan fingerprint density at radius 1 is 1.05 bits per heavy atom. The molecule has 9 heteroatoms. The van der Waals surface area contributed by atoms with Crippen LogP contribution < -0.4 is 10.6 Å². The highest BCUT2D eigenvalue weighted by molar-refractivity contribution is 5.98. The Kier molecular flexibility index (Phi) is 8.72. The number of amides is 2. The van der Waals surface area contributed by atoms with E-state index in [1.807, 2.05) is 58.0 Å². The average molecular weight is 582 g/mol. The maximum atomic E-state index is 14.3. The Hall–Kier alpha value is -4.21. The molecule has 1 aliphatic carbocycles. The fourth-order valence-corrected chi connectivity index (χ4v) is 6.62. The van der Waals surface area contributed by atoms with Crippen LogP contribution in [0.4, 0.5) is 0 Å². The van der Waals surface area contributed by atoms with Gasteiger partial charge in [-0.1, -0.05) is 73.5 Å². The molecule has 43 heavy (non-hydrogen) atoms. The number of aliphatic hydroxyl groups is 1. The predicted octanol–water partition coefficient (Wildman–Crippen LogP) is 4.35. The molecule has 3 atom stereocenters. The summed E-state index contributed by atoms with van der Waals surface area (Å²) in [6.45, 7) is 2.27. The summed E-state index contributed by atoms with van der Waals surface area (Å²) in [6.07, 6.45) is 6.84. The van der Waals surface area contributed by atoms with Crippen LogP contribution in [0.3, 0.4) is 0 Å². The molecular weight excluding hydrogens is 542 g/mol. The molecule has 2 amide bonds. The zero-order valence-corrected chi connectivity index (χ0v) is 24.3. The second kappa shape index (κ2) is 13.0. The van der Waals surface area contributed by atoms with Gasteiger partial charge in [0.1, 0.15) is 5.76 Å². The van der Waals surface area contributed by atoms with Crippen LogP contribution in [0.2, 0.25) is 0 Å². The number of carbonyl (C=O) groups excluding carboxylic acids is 2. The first-order chi connectivity index (χ1) is 21.0. The van der Waals surface area contributed by atoms with E-state index in [1.165, 1.54) is 5.56 Å². The topological polar surface area (TPSA) is 113 Å². The van der Waals surface area contributed by atoms with Crippen LogP contribution in [0, 0.1) is 0 Å². The summed E-state index contributed by atoms with van der Waals surface area (Å²) in [5.74, 6) is 0.298. The van der Waals surface area contributed by atoms with E-state index in [4.69, 9.17) is 9.40 Å². The number of piperazine rings is 1. The molecule has 0 radical (unpaired) electrons. The van der Waals surface area contributed by atoms with Gasteiger partial charge in [-0.25, -0.2) is 4.98 Å². The molecule has 2 aromatic carbocycles. The van der Waals surface area contributed by atoms with E-state index in [0.717, 1.165) is 24.8 Å².